The van der Waals surface area contributed by atoms with Gasteiger partial charge in [-0.15, -0.1) is 0 Å². The van der Waals surface area contributed by atoms with E-state index >= 15 is 0 Å². The van der Waals surface area contributed by atoms with Gasteiger partial charge < -0.3 is 10.7 Å². The van der Waals surface area contributed by atoms with Crippen molar-refractivity contribution in [1.82, 2.24) is 4.98 Å². The van der Waals surface area contributed by atoms with Crippen LogP contribution in [0.5, 0.6) is 0 Å². The van der Waals surface area contributed by atoms with E-state index in [1.54, 1.807) is 0 Å². The summed E-state index contributed by atoms with van der Waals surface area (Å²) in [5, 5.41) is 8.31. The van der Waals surface area contributed by atoms with Crippen LogP contribution in [0.1, 0.15) is 16.1 Å². The minimum Gasteiger partial charge on any atom is -0.364 e. The molecule has 0 aliphatic carbocycles. The lowest BCUT2D eigenvalue weighted by Gasteiger charge is -1.82. The molecule has 4 nitrogen and oxygen atoms in total. The zero-order valence-corrected chi connectivity index (χ0v) is 5.09. The number of carbonyl (C=O) groups excluding carboxylic acids is 1. The lowest BCUT2D eigenvalue weighted by atomic mass is 10.3. The third-order valence-corrected chi connectivity index (χ3v) is 1.08. The van der Waals surface area contributed by atoms with E-state index in [-0.39, 0.29) is 5.69 Å². The fourth-order valence-electron chi connectivity index (χ4n) is 0.601. The number of nitrogens with one attached hydrogen (secondary N) is 1. The van der Waals surface area contributed by atoms with Gasteiger partial charge >= 0.3 is 0 Å². The molecule has 50 valence electrons. The Morgan fingerprint density at radius 1 is 1.80 bits per heavy atom. The molecule has 1 amide bonds. The van der Waals surface area contributed by atoms with Gasteiger partial charge in [-0.25, -0.2) is 0 Å². The Morgan fingerprint density at radius 3 is 2.80 bits per heavy atom. The fourth-order valence-corrected chi connectivity index (χ4v) is 0.601. The highest BCUT2D eigenvalue weighted by Crippen LogP contribution is 1.99. The van der Waals surface area contributed by atoms with E-state index in [1.807, 2.05) is 6.07 Å². The molecule has 1 aromatic heterocycles. The van der Waals surface area contributed by atoms with E-state index in [2.05, 4.69) is 4.98 Å². The number of nitrogens with two attached hydrogens (primary N) is 1. The van der Waals surface area contributed by atoms with Gasteiger partial charge in [-0.1, -0.05) is 0 Å². The van der Waals surface area contributed by atoms with Gasteiger partial charge in [0.15, 0.2) is 0 Å². The molecule has 0 aromatic carbocycles. The van der Waals surface area contributed by atoms with Crippen molar-refractivity contribution >= 4 is 5.91 Å². The molecule has 10 heavy (non-hydrogen) atoms. The topological polar surface area (TPSA) is 82.7 Å². The maximum absolute atomic E-state index is 10.4. The molecule has 0 aliphatic heterocycles. The molecule has 4 heteroatoms. The van der Waals surface area contributed by atoms with Gasteiger partial charge in [-0.2, -0.15) is 5.26 Å². The highest BCUT2D eigenvalue weighted by Gasteiger charge is 2.01. The highest BCUT2D eigenvalue weighted by molar-refractivity contribution is 5.91. The second-order valence-electron chi connectivity index (χ2n) is 1.78. The van der Waals surface area contributed by atoms with Crippen molar-refractivity contribution in [1.29, 1.82) is 5.26 Å². The molecule has 1 rings (SSSR count). The fraction of sp³-hybridized carbons (Fsp3) is 0. The summed E-state index contributed by atoms with van der Waals surface area (Å²) in [7, 11) is 0. The molecule has 0 saturated heterocycles. The van der Waals surface area contributed by atoms with Crippen molar-refractivity contribution in [3.8, 4) is 6.07 Å². The normalized spacial score (nSPS) is 8.70. The third-order valence-electron chi connectivity index (χ3n) is 1.08. The predicted molar refractivity (Wildman–Crippen MR) is 34.0 cm³/mol. The quantitative estimate of drug-likeness (QED) is 0.567. The Bertz CT molecular complexity index is 294. The molecule has 0 aliphatic rings. The maximum atomic E-state index is 10.4. The van der Waals surface area contributed by atoms with Crippen LogP contribution in [0.3, 0.4) is 0 Å². The summed E-state index contributed by atoms with van der Waals surface area (Å²) in [5.74, 6) is -0.554. The van der Waals surface area contributed by atoms with E-state index in [0.717, 1.165) is 0 Å². The first kappa shape index (κ1) is 6.36. The molecule has 1 aromatic rings. The Balaban J connectivity index is 3.02. The number of H-pyrrole nitrogens is 1. The first-order valence-electron chi connectivity index (χ1n) is 2.62. The number of rotatable bonds is 1. The maximum Gasteiger partial charge on any atom is 0.265 e. The van der Waals surface area contributed by atoms with E-state index in [1.165, 1.54) is 12.3 Å². The summed E-state index contributed by atoms with van der Waals surface area (Å²) in [4.78, 5) is 13.0. The molecule has 0 radical (unpaired) electrons. The zero-order chi connectivity index (χ0) is 7.56. The number of aromatic amines is 1. The van der Waals surface area contributed by atoms with Crippen molar-refractivity contribution in [2.24, 2.45) is 5.73 Å². The molecular weight excluding hydrogens is 130 g/mol. The molecule has 0 unspecified atom stereocenters. The Hall–Kier alpha value is -1.76. The predicted octanol–water partition coefficient (Wildman–Crippen LogP) is -0.0147. The Labute approximate surface area is 57.3 Å². The lowest BCUT2D eigenvalue weighted by molar-refractivity contribution is 0.0996. The van der Waals surface area contributed by atoms with Gasteiger partial charge in [-0.05, 0) is 6.07 Å². The van der Waals surface area contributed by atoms with Crippen molar-refractivity contribution < 1.29 is 4.79 Å². The summed E-state index contributed by atoms with van der Waals surface area (Å²) in [6, 6.07) is 3.27. The van der Waals surface area contributed by atoms with Gasteiger partial charge in [0.1, 0.15) is 11.8 Å². The average molecular weight is 135 g/mol. The Morgan fingerprint density at radius 2 is 2.50 bits per heavy atom. The van der Waals surface area contributed by atoms with E-state index in [4.69, 9.17) is 11.0 Å². The van der Waals surface area contributed by atoms with Gasteiger partial charge in [0.05, 0.1) is 5.56 Å². The summed E-state index contributed by atoms with van der Waals surface area (Å²) >= 11 is 0. The first-order chi connectivity index (χ1) is 4.74. The number of aromatic nitrogens is 1. The molecule has 0 atom stereocenters. The van der Waals surface area contributed by atoms with Gasteiger partial charge in [0.2, 0.25) is 0 Å². The summed E-state index contributed by atoms with van der Waals surface area (Å²) < 4.78 is 0. The second-order valence-corrected chi connectivity index (χ2v) is 1.78. The van der Waals surface area contributed by atoms with Gasteiger partial charge in [0, 0.05) is 6.20 Å². The van der Waals surface area contributed by atoms with E-state index in [0.29, 0.717) is 5.56 Å². The second kappa shape index (κ2) is 2.23. The monoisotopic (exact) mass is 135 g/mol. The standard InChI is InChI=1S/C6H5N3O/c7-2-4-1-5(6(8)10)9-3-4/h1,3,9H,(H2,8,10). The number of nitrogens with zero attached hydrogens (tertiary/aromatic N) is 1. The van der Waals surface area contributed by atoms with Crippen LogP contribution in [0.15, 0.2) is 12.3 Å². The van der Waals surface area contributed by atoms with Crippen molar-refractivity contribution in [2.45, 2.75) is 0 Å². The Kier molecular flexibility index (Phi) is 1.42. The number of nitriles is 1. The largest absolute Gasteiger partial charge is 0.364 e. The van der Waals surface area contributed by atoms with Crippen LogP contribution in [-0.2, 0) is 0 Å². The van der Waals surface area contributed by atoms with Crippen LogP contribution >= 0.6 is 0 Å². The molecule has 0 spiro atoms. The van der Waals surface area contributed by atoms with E-state index < -0.39 is 5.91 Å². The van der Waals surface area contributed by atoms with Crippen LogP contribution in [0, 0.1) is 11.3 Å². The number of primary amides is 1. The van der Waals surface area contributed by atoms with Crippen LogP contribution in [-0.4, -0.2) is 10.9 Å². The highest BCUT2D eigenvalue weighted by atomic mass is 16.1. The van der Waals surface area contributed by atoms with Crippen molar-refractivity contribution in [3.63, 3.8) is 0 Å². The third kappa shape index (κ3) is 0.977. The van der Waals surface area contributed by atoms with E-state index in [9.17, 15) is 4.79 Å². The number of hydrogen-bond donors (Lipinski definition) is 2. The molecule has 0 saturated carbocycles. The number of amides is 1. The van der Waals surface area contributed by atoms with Crippen LogP contribution in [0.25, 0.3) is 0 Å². The van der Waals surface area contributed by atoms with Crippen LogP contribution in [0.4, 0.5) is 0 Å². The molecular formula is C6H5N3O. The van der Waals surface area contributed by atoms with Gasteiger partial charge in [-0.3, -0.25) is 4.79 Å². The van der Waals surface area contributed by atoms with Crippen molar-refractivity contribution in [3.05, 3.63) is 23.5 Å². The first-order valence-corrected chi connectivity index (χ1v) is 2.62. The smallest absolute Gasteiger partial charge is 0.265 e. The molecule has 0 fully saturated rings. The lowest BCUT2D eigenvalue weighted by Crippen LogP contribution is -2.10. The summed E-state index contributed by atoms with van der Waals surface area (Å²) in [5.41, 5.74) is 5.57. The summed E-state index contributed by atoms with van der Waals surface area (Å²) in [6.07, 6.45) is 1.43. The molecule has 0 bridgehead atoms. The minimum absolute atomic E-state index is 0.261. The van der Waals surface area contributed by atoms with Gasteiger partial charge in [0.25, 0.3) is 5.91 Å². The molecule has 1 heterocycles. The minimum atomic E-state index is -0.554. The zero-order valence-electron chi connectivity index (χ0n) is 5.09. The molecule has 3 N–H and O–H groups in total. The van der Waals surface area contributed by atoms with Crippen molar-refractivity contribution in [2.75, 3.05) is 0 Å². The van der Waals surface area contributed by atoms with Crippen LogP contribution < -0.4 is 5.73 Å². The van der Waals surface area contributed by atoms with Crippen LogP contribution in [0.2, 0.25) is 0 Å². The average Bonchev–Trinajstić information content (AvgIpc) is 2.34. The number of carbonyl (C=O) groups is 1. The SMILES string of the molecule is N#Cc1c[nH]c(C(N)=O)c1. The number of hydrogen-bond acceptors (Lipinski definition) is 2. The summed E-state index contributed by atoms with van der Waals surface area (Å²) in [6.45, 7) is 0.